The lowest BCUT2D eigenvalue weighted by atomic mass is 10.2. The molecule has 5 heteroatoms. The number of aliphatic hydroxyl groups excluding tert-OH is 1. The van der Waals surface area contributed by atoms with Gasteiger partial charge in [-0.25, -0.2) is 0 Å². The van der Waals surface area contributed by atoms with Gasteiger partial charge in [-0.05, 0) is 6.07 Å². The number of alkyl halides is 1. The highest BCUT2D eigenvalue weighted by molar-refractivity contribution is 6.18. The molecule has 4 nitrogen and oxygen atoms in total. The number of para-hydroxylation sites is 1. The number of halogens is 1. The molecule has 0 saturated carbocycles. The van der Waals surface area contributed by atoms with Crippen LogP contribution in [-0.2, 0) is 4.84 Å². The van der Waals surface area contributed by atoms with Crippen LogP contribution in [0.2, 0.25) is 0 Å². The van der Waals surface area contributed by atoms with Gasteiger partial charge in [-0.3, -0.25) is 0 Å². The van der Waals surface area contributed by atoms with E-state index < -0.39 is 6.10 Å². The van der Waals surface area contributed by atoms with Gasteiger partial charge < -0.3 is 15.3 Å². The Bertz CT molecular complexity index is 345. The molecule has 0 saturated heterocycles. The molecule has 2 N–H and O–H groups in total. The Morgan fingerprint density at radius 3 is 3.00 bits per heavy atom. The predicted octanol–water partition coefficient (Wildman–Crippen LogP) is 1.68. The largest absolute Gasteiger partial charge is 0.399 e. The fourth-order valence-corrected chi connectivity index (χ4v) is 1.27. The zero-order valence-electron chi connectivity index (χ0n) is 9.06. The molecule has 0 fully saturated rings. The average Bonchev–Trinajstić information content (AvgIpc) is 2.34. The van der Waals surface area contributed by atoms with Crippen LogP contribution in [0.5, 0.6) is 0 Å². The first kappa shape index (κ1) is 12.8. The molecule has 0 aromatic heterocycles. The zero-order chi connectivity index (χ0) is 11.8. The minimum absolute atomic E-state index is 0.210. The van der Waals surface area contributed by atoms with Crippen LogP contribution < -0.4 is 5.32 Å². The van der Waals surface area contributed by atoms with Crippen LogP contribution in [0.25, 0.3) is 0 Å². The number of hydrogen-bond acceptors (Lipinski definition) is 4. The number of nitrogens with zero attached hydrogens (tertiary/aromatic N) is 1. The Kier molecular flexibility index (Phi) is 5.67. The van der Waals surface area contributed by atoms with Crippen molar-refractivity contribution in [3.63, 3.8) is 0 Å². The standard InChI is InChI=1S/C11H15ClN2O2/c1-16-14-7-9-4-2-3-5-11(9)13-8-10(15)6-12/h2-5,7,10,13,15H,6,8H2,1H3. The minimum atomic E-state index is -0.561. The Morgan fingerprint density at radius 1 is 1.56 bits per heavy atom. The number of rotatable bonds is 6. The van der Waals surface area contributed by atoms with Crippen molar-refractivity contribution in [2.75, 3.05) is 24.9 Å². The lowest BCUT2D eigenvalue weighted by Gasteiger charge is -2.11. The third-order valence-corrected chi connectivity index (χ3v) is 2.32. The van der Waals surface area contributed by atoms with Gasteiger partial charge in [0.2, 0.25) is 0 Å². The second-order valence-electron chi connectivity index (χ2n) is 3.19. The highest BCUT2D eigenvalue weighted by atomic mass is 35.5. The van der Waals surface area contributed by atoms with Crippen molar-refractivity contribution >= 4 is 23.5 Å². The van der Waals surface area contributed by atoms with E-state index in [4.69, 9.17) is 11.6 Å². The summed E-state index contributed by atoms with van der Waals surface area (Å²) in [5.41, 5.74) is 1.78. The number of benzene rings is 1. The van der Waals surface area contributed by atoms with Crippen LogP contribution in [0.15, 0.2) is 29.4 Å². The molecule has 16 heavy (non-hydrogen) atoms. The molecule has 0 aliphatic heterocycles. The van der Waals surface area contributed by atoms with E-state index in [-0.39, 0.29) is 5.88 Å². The smallest absolute Gasteiger partial charge is 0.106 e. The van der Waals surface area contributed by atoms with Crippen LogP contribution >= 0.6 is 11.6 Å². The monoisotopic (exact) mass is 242 g/mol. The second-order valence-corrected chi connectivity index (χ2v) is 3.50. The van der Waals surface area contributed by atoms with Gasteiger partial charge in [0.1, 0.15) is 7.11 Å². The van der Waals surface area contributed by atoms with Crippen molar-refractivity contribution in [2.24, 2.45) is 5.16 Å². The van der Waals surface area contributed by atoms with Crippen LogP contribution in [0, 0.1) is 0 Å². The van der Waals surface area contributed by atoms with E-state index in [2.05, 4.69) is 15.3 Å². The van der Waals surface area contributed by atoms with E-state index in [1.54, 1.807) is 6.21 Å². The van der Waals surface area contributed by atoms with Crippen molar-refractivity contribution in [1.82, 2.24) is 0 Å². The van der Waals surface area contributed by atoms with Crippen molar-refractivity contribution in [3.05, 3.63) is 29.8 Å². The number of nitrogens with one attached hydrogen (secondary N) is 1. The third-order valence-electron chi connectivity index (χ3n) is 1.96. The van der Waals surface area contributed by atoms with E-state index in [9.17, 15) is 5.11 Å². The van der Waals surface area contributed by atoms with Gasteiger partial charge in [0, 0.05) is 17.8 Å². The molecule has 1 atom stereocenters. The SMILES string of the molecule is CON=Cc1ccccc1NCC(O)CCl. The Morgan fingerprint density at radius 2 is 2.31 bits per heavy atom. The molecule has 0 spiro atoms. The number of hydrogen-bond donors (Lipinski definition) is 2. The summed E-state index contributed by atoms with van der Waals surface area (Å²) in [4.78, 5) is 4.62. The molecule has 0 radical (unpaired) electrons. The molecule has 88 valence electrons. The average molecular weight is 243 g/mol. The zero-order valence-corrected chi connectivity index (χ0v) is 9.81. The quantitative estimate of drug-likeness (QED) is 0.453. The van der Waals surface area contributed by atoms with Crippen LogP contribution in [0.3, 0.4) is 0 Å². The Balaban J connectivity index is 2.67. The molecule has 1 unspecified atom stereocenters. The molecule has 0 bridgehead atoms. The van der Waals surface area contributed by atoms with Gasteiger partial charge in [0.25, 0.3) is 0 Å². The van der Waals surface area contributed by atoms with Gasteiger partial charge >= 0.3 is 0 Å². The fraction of sp³-hybridized carbons (Fsp3) is 0.364. The summed E-state index contributed by atoms with van der Waals surface area (Å²) in [6.45, 7) is 0.404. The first-order valence-electron chi connectivity index (χ1n) is 4.91. The summed E-state index contributed by atoms with van der Waals surface area (Å²) in [5.74, 6) is 0.210. The molecule has 0 amide bonds. The summed E-state index contributed by atoms with van der Waals surface area (Å²) in [6, 6.07) is 7.61. The normalized spacial score (nSPS) is 12.7. The van der Waals surface area contributed by atoms with Gasteiger partial charge in [0.15, 0.2) is 0 Å². The molecular weight excluding hydrogens is 228 g/mol. The lowest BCUT2D eigenvalue weighted by molar-refractivity contribution is 0.211. The Labute approximate surface area is 99.9 Å². The highest BCUT2D eigenvalue weighted by Crippen LogP contribution is 2.12. The lowest BCUT2D eigenvalue weighted by Crippen LogP contribution is -2.21. The van der Waals surface area contributed by atoms with Crippen LogP contribution in [0.1, 0.15) is 5.56 Å². The van der Waals surface area contributed by atoms with E-state index >= 15 is 0 Å². The van der Waals surface area contributed by atoms with Gasteiger partial charge in [-0.15, -0.1) is 11.6 Å². The van der Waals surface area contributed by atoms with Gasteiger partial charge in [0.05, 0.1) is 18.2 Å². The van der Waals surface area contributed by atoms with E-state index in [1.807, 2.05) is 24.3 Å². The first-order chi connectivity index (χ1) is 7.77. The number of aliphatic hydroxyl groups is 1. The van der Waals surface area contributed by atoms with E-state index in [1.165, 1.54) is 7.11 Å². The van der Waals surface area contributed by atoms with Crippen molar-refractivity contribution in [1.29, 1.82) is 0 Å². The molecular formula is C11H15ClN2O2. The van der Waals surface area contributed by atoms with Crippen LogP contribution in [0.4, 0.5) is 5.69 Å². The third kappa shape index (κ3) is 4.08. The molecule has 0 aliphatic carbocycles. The molecule has 1 aromatic rings. The summed E-state index contributed by atoms with van der Waals surface area (Å²) >= 11 is 5.51. The van der Waals surface area contributed by atoms with Crippen molar-refractivity contribution < 1.29 is 9.94 Å². The first-order valence-corrected chi connectivity index (χ1v) is 5.45. The van der Waals surface area contributed by atoms with Gasteiger partial charge in [-0.1, -0.05) is 23.4 Å². The fourth-order valence-electron chi connectivity index (χ4n) is 1.16. The van der Waals surface area contributed by atoms with Crippen molar-refractivity contribution in [3.8, 4) is 0 Å². The predicted molar refractivity (Wildman–Crippen MR) is 66.3 cm³/mol. The summed E-state index contributed by atoms with van der Waals surface area (Å²) in [5, 5.41) is 16.1. The maximum Gasteiger partial charge on any atom is 0.106 e. The summed E-state index contributed by atoms with van der Waals surface area (Å²) in [6.07, 6.45) is 1.05. The maximum atomic E-state index is 9.33. The minimum Gasteiger partial charge on any atom is -0.399 e. The molecule has 1 rings (SSSR count). The van der Waals surface area contributed by atoms with Crippen LogP contribution in [-0.4, -0.2) is 37.0 Å². The molecule has 0 heterocycles. The second kappa shape index (κ2) is 7.09. The molecule has 0 aliphatic rings. The van der Waals surface area contributed by atoms with Gasteiger partial charge in [-0.2, -0.15) is 0 Å². The summed E-state index contributed by atoms with van der Waals surface area (Å²) in [7, 11) is 1.49. The van der Waals surface area contributed by atoms with E-state index in [0.29, 0.717) is 6.54 Å². The Hall–Kier alpha value is -1.26. The maximum absolute atomic E-state index is 9.33. The number of oxime groups is 1. The number of anilines is 1. The molecule has 1 aromatic carbocycles. The topological polar surface area (TPSA) is 53.8 Å². The summed E-state index contributed by atoms with van der Waals surface area (Å²) < 4.78 is 0. The van der Waals surface area contributed by atoms with Crippen molar-refractivity contribution in [2.45, 2.75) is 6.10 Å². The van der Waals surface area contributed by atoms with E-state index in [0.717, 1.165) is 11.3 Å². The highest BCUT2D eigenvalue weighted by Gasteiger charge is 2.03.